The largest absolute Gasteiger partial charge is 0.478 e. The lowest BCUT2D eigenvalue weighted by molar-refractivity contribution is 0.0696. The predicted octanol–water partition coefficient (Wildman–Crippen LogP) is 1.55. The molecule has 0 saturated heterocycles. The fraction of sp³-hybridized carbons (Fsp3) is 0.364. The summed E-state index contributed by atoms with van der Waals surface area (Å²) >= 11 is 0. The molecule has 1 aromatic carbocycles. The molecule has 1 fully saturated rings. The molecule has 5 heteroatoms. The van der Waals surface area contributed by atoms with Crippen LogP contribution in [0, 0.1) is 0 Å². The summed E-state index contributed by atoms with van der Waals surface area (Å²) in [6.07, 6.45) is 3.26. The summed E-state index contributed by atoms with van der Waals surface area (Å²) < 4.78 is 14.8. The lowest BCUT2D eigenvalue weighted by Crippen LogP contribution is -2.36. The van der Waals surface area contributed by atoms with Crippen molar-refractivity contribution < 1.29 is 14.1 Å². The van der Waals surface area contributed by atoms with Gasteiger partial charge in [0, 0.05) is 6.04 Å². The molecule has 0 radical (unpaired) electrons. The van der Waals surface area contributed by atoms with Gasteiger partial charge >= 0.3 is 5.97 Å². The molecule has 0 amide bonds. The summed E-state index contributed by atoms with van der Waals surface area (Å²) in [5.74, 6) is -0.998. The second-order valence-corrected chi connectivity index (χ2v) is 5.09. The van der Waals surface area contributed by atoms with E-state index in [-0.39, 0.29) is 5.56 Å². The van der Waals surface area contributed by atoms with Gasteiger partial charge in [-0.05, 0) is 31.0 Å². The van der Waals surface area contributed by atoms with Gasteiger partial charge < -0.3 is 5.11 Å². The fourth-order valence-corrected chi connectivity index (χ4v) is 2.60. The van der Waals surface area contributed by atoms with Crippen molar-refractivity contribution in [3.8, 4) is 0 Å². The Hall–Kier alpha value is -1.20. The summed E-state index contributed by atoms with van der Waals surface area (Å²) in [5, 5.41) is 8.81. The van der Waals surface area contributed by atoms with Crippen LogP contribution in [0.3, 0.4) is 0 Å². The highest BCUT2D eigenvalue weighted by Gasteiger charge is 2.20. The number of aromatic carboxylic acids is 1. The Morgan fingerprint density at radius 2 is 2.19 bits per heavy atom. The van der Waals surface area contributed by atoms with Crippen LogP contribution < -0.4 is 4.72 Å². The van der Waals surface area contributed by atoms with Crippen molar-refractivity contribution in [1.82, 2.24) is 4.72 Å². The van der Waals surface area contributed by atoms with Crippen molar-refractivity contribution in [1.29, 1.82) is 0 Å². The predicted molar refractivity (Wildman–Crippen MR) is 60.6 cm³/mol. The topological polar surface area (TPSA) is 66.4 Å². The number of hydrogen-bond acceptors (Lipinski definition) is 2. The number of carboxylic acids is 1. The van der Waals surface area contributed by atoms with Gasteiger partial charge in [-0.3, -0.25) is 0 Å². The van der Waals surface area contributed by atoms with E-state index in [1.807, 2.05) is 0 Å². The molecule has 0 aliphatic heterocycles. The van der Waals surface area contributed by atoms with Crippen molar-refractivity contribution in [3.63, 3.8) is 0 Å². The smallest absolute Gasteiger partial charge is 0.335 e. The summed E-state index contributed by atoms with van der Waals surface area (Å²) in [6.45, 7) is 0. The van der Waals surface area contributed by atoms with Gasteiger partial charge in [-0.2, -0.15) is 0 Å². The quantitative estimate of drug-likeness (QED) is 0.837. The third-order valence-corrected chi connectivity index (χ3v) is 3.90. The molecular formula is C11H13NO3S. The Morgan fingerprint density at radius 3 is 2.75 bits per heavy atom. The molecule has 1 unspecified atom stereocenters. The normalized spacial score (nSPS) is 17.8. The van der Waals surface area contributed by atoms with Gasteiger partial charge in [0.1, 0.15) is 11.0 Å². The van der Waals surface area contributed by atoms with E-state index in [0.717, 1.165) is 12.8 Å². The summed E-state index contributed by atoms with van der Waals surface area (Å²) in [6, 6.07) is 6.54. The Bertz CT molecular complexity index is 429. The Morgan fingerprint density at radius 1 is 1.44 bits per heavy atom. The molecule has 1 aliphatic carbocycles. The standard InChI is InChI=1S/C11H13NO3S/c13-11(14)8-3-1-6-10(7-8)16(15)12-9-4-2-5-9/h1,3,6-7,9,12H,2,4-5H2,(H,13,14). The van der Waals surface area contributed by atoms with Gasteiger partial charge in [-0.25, -0.2) is 13.7 Å². The van der Waals surface area contributed by atoms with Gasteiger partial charge in [-0.1, -0.05) is 12.5 Å². The first kappa shape index (κ1) is 11.3. The Labute approximate surface area is 96.3 Å². The Balaban J connectivity index is 2.09. The number of carbonyl (C=O) groups is 1. The summed E-state index contributed by atoms with van der Waals surface area (Å²) in [7, 11) is -1.30. The van der Waals surface area contributed by atoms with Gasteiger partial charge in [-0.15, -0.1) is 0 Å². The van der Waals surface area contributed by atoms with Crippen LogP contribution in [0.4, 0.5) is 0 Å². The first-order chi connectivity index (χ1) is 7.66. The molecule has 0 aromatic heterocycles. The van der Waals surface area contributed by atoms with Crippen LogP contribution in [0.15, 0.2) is 29.2 Å². The van der Waals surface area contributed by atoms with E-state index in [1.54, 1.807) is 12.1 Å². The fourth-order valence-electron chi connectivity index (χ4n) is 1.49. The van der Waals surface area contributed by atoms with Crippen LogP contribution in [0.2, 0.25) is 0 Å². The minimum absolute atomic E-state index is 0.168. The number of nitrogens with one attached hydrogen (secondary N) is 1. The van der Waals surface area contributed by atoms with E-state index in [2.05, 4.69) is 4.72 Å². The average Bonchev–Trinajstić information content (AvgIpc) is 2.23. The molecule has 4 nitrogen and oxygen atoms in total. The van der Waals surface area contributed by atoms with Crippen LogP contribution in [-0.2, 0) is 11.0 Å². The molecule has 0 heterocycles. The average molecular weight is 239 g/mol. The third-order valence-electron chi connectivity index (χ3n) is 2.67. The Kier molecular flexibility index (Phi) is 3.36. The third kappa shape index (κ3) is 2.48. The van der Waals surface area contributed by atoms with Gasteiger partial charge in [0.05, 0.1) is 10.5 Å². The first-order valence-corrected chi connectivity index (χ1v) is 6.33. The highest BCUT2D eigenvalue weighted by atomic mass is 32.2. The van der Waals surface area contributed by atoms with Crippen molar-refractivity contribution in [3.05, 3.63) is 29.8 Å². The summed E-state index contributed by atoms with van der Waals surface area (Å²) in [5.41, 5.74) is 0.168. The van der Waals surface area contributed by atoms with Gasteiger partial charge in [0.25, 0.3) is 0 Å². The molecule has 0 bridgehead atoms. The van der Waals surface area contributed by atoms with E-state index in [9.17, 15) is 9.00 Å². The van der Waals surface area contributed by atoms with Crippen LogP contribution in [0.1, 0.15) is 29.6 Å². The maximum absolute atomic E-state index is 11.8. The van der Waals surface area contributed by atoms with Crippen molar-refractivity contribution in [2.75, 3.05) is 0 Å². The lowest BCUT2D eigenvalue weighted by Gasteiger charge is -2.25. The molecule has 0 spiro atoms. The molecule has 1 aromatic rings. The number of hydrogen-bond donors (Lipinski definition) is 2. The van der Waals surface area contributed by atoms with E-state index in [0.29, 0.717) is 10.9 Å². The minimum Gasteiger partial charge on any atom is -0.478 e. The SMILES string of the molecule is O=C(O)c1cccc(S(=O)NC2CCC2)c1. The van der Waals surface area contributed by atoms with E-state index >= 15 is 0 Å². The van der Waals surface area contributed by atoms with E-state index < -0.39 is 17.0 Å². The molecule has 86 valence electrons. The molecule has 2 N–H and O–H groups in total. The maximum atomic E-state index is 11.8. The lowest BCUT2D eigenvalue weighted by atomic mass is 9.94. The molecule has 1 saturated carbocycles. The maximum Gasteiger partial charge on any atom is 0.335 e. The monoisotopic (exact) mass is 239 g/mol. The zero-order valence-electron chi connectivity index (χ0n) is 8.68. The summed E-state index contributed by atoms with van der Waals surface area (Å²) in [4.78, 5) is 11.3. The van der Waals surface area contributed by atoms with Gasteiger partial charge in [0.2, 0.25) is 0 Å². The highest BCUT2D eigenvalue weighted by Crippen LogP contribution is 2.20. The van der Waals surface area contributed by atoms with E-state index in [1.165, 1.54) is 18.6 Å². The zero-order chi connectivity index (χ0) is 11.5. The van der Waals surface area contributed by atoms with Crippen molar-refractivity contribution >= 4 is 17.0 Å². The molecule has 1 aliphatic rings. The van der Waals surface area contributed by atoms with Crippen molar-refractivity contribution in [2.24, 2.45) is 0 Å². The van der Waals surface area contributed by atoms with E-state index in [4.69, 9.17) is 5.11 Å². The first-order valence-electron chi connectivity index (χ1n) is 5.18. The van der Waals surface area contributed by atoms with Crippen molar-refractivity contribution in [2.45, 2.75) is 30.2 Å². The molecule has 16 heavy (non-hydrogen) atoms. The van der Waals surface area contributed by atoms with Crippen LogP contribution in [0.5, 0.6) is 0 Å². The molecule has 2 rings (SSSR count). The number of rotatable bonds is 4. The van der Waals surface area contributed by atoms with Gasteiger partial charge in [0.15, 0.2) is 0 Å². The molecule has 1 atom stereocenters. The van der Waals surface area contributed by atoms with Crippen LogP contribution in [0.25, 0.3) is 0 Å². The van der Waals surface area contributed by atoms with Crippen LogP contribution in [-0.4, -0.2) is 21.3 Å². The highest BCUT2D eigenvalue weighted by molar-refractivity contribution is 7.83. The molecular weight excluding hydrogens is 226 g/mol. The minimum atomic E-state index is -1.30. The number of benzene rings is 1. The number of carboxylic acid groups (broad SMARTS) is 1. The van der Waals surface area contributed by atoms with Crippen LogP contribution >= 0.6 is 0 Å². The second-order valence-electron chi connectivity index (χ2n) is 3.85. The second kappa shape index (κ2) is 4.76. The zero-order valence-corrected chi connectivity index (χ0v) is 9.50.